The third-order valence-electron chi connectivity index (χ3n) is 5.83. The highest BCUT2D eigenvalue weighted by Crippen LogP contribution is 2.29. The molecule has 4 heterocycles. The van der Waals surface area contributed by atoms with Crippen molar-refractivity contribution in [3.05, 3.63) is 54.4 Å². The fourth-order valence-electron chi connectivity index (χ4n) is 4.01. The first-order valence-electron chi connectivity index (χ1n) is 10.8. The largest absolute Gasteiger partial charge is 0.474 e. The fraction of sp³-hybridized carbons (Fsp3) is 0.304. The van der Waals surface area contributed by atoms with E-state index in [-0.39, 0.29) is 11.8 Å². The number of amides is 1. The van der Waals surface area contributed by atoms with Crippen LogP contribution in [0.2, 0.25) is 0 Å². The molecule has 0 radical (unpaired) electrons. The molecule has 0 aliphatic carbocycles. The zero-order valence-electron chi connectivity index (χ0n) is 18.4. The van der Waals surface area contributed by atoms with Crippen LogP contribution in [0.4, 0.5) is 10.1 Å². The lowest BCUT2D eigenvalue weighted by atomic mass is 10.1. The van der Waals surface area contributed by atoms with Crippen LogP contribution in [0.1, 0.15) is 23.3 Å². The van der Waals surface area contributed by atoms with Crippen LogP contribution < -0.4 is 10.1 Å². The van der Waals surface area contributed by atoms with Crippen LogP contribution in [0.5, 0.6) is 5.88 Å². The number of rotatable bonds is 5. The molecule has 0 bridgehead atoms. The Bertz CT molecular complexity index is 1310. The summed E-state index contributed by atoms with van der Waals surface area (Å²) in [5, 5.41) is 14.3. The number of aromatic nitrogens is 5. The van der Waals surface area contributed by atoms with E-state index in [1.165, 1.54) is 6.07 Å². The van der Waals surface area contributed by atoms with Crippen LogP contribution in [0.15, 0.2) is 42.9 Å². The molecule has 1 aliphatic heterocycles. The Balaban J connectivity index is 1.36. The normalized spacial score (nSPS) is 15.1. The van der Waals surface area contributed by atoms with Gasteiger partial charge in [-0.05, 0) is 32.0 Å². The number of hydrogen-bond acceptors (Lipinski definition) is 6. The molecule has 0 spiro atoms. The number of nitrogens with zero attached hydrogens (tertiary/aromatic N) is 5. The van der Waals surface area contributed by atoms with Gasteiger partial charge in [-0.3, -0.25) is 14.6 Å². The van der Waals surface area contributed by atoms with Gasteiger partial charge in [0.25, 0.3) is 5.91 Å². The Labute approximate surface area is 189 Å². The average molecular weight is 449 g/mol. The number of carbonyl (C=O) groups excluding carboxylic acids is 1. The number of likely N-dealkylation sites (tertiary alicyclic amines) is 1. The maximum Gasteiger partial charge on any atom is 0.276 e. The van der Waals surface area contributed by atoms with Gasteiger partial charge < -0.3 is 15.0 Å². The van der Waals surface area contributed by atoms with Gasteiger partial charge in [0.05, 0.1) is 11.7 Å². The summed E-state index contributed by atoms with van der Waals surface area (Å²) in [6.07, 6.45) is 6.86. The summed E-state index contributed by atoms with van der Waals surface area (Å²) < 4.78 is 22.2. The van der Waals surface area contributed by atoms with E-state index in [0.29, 0.717) is 33.6 Å². The van der Waals surface area contributed by atoms with Crippen LogP contribution in [0.25, 0.3) is 22.0 Å². The van der Waals surface area contributed by atoms with Gasteiger partial charge in [0, 0.05) is 66.9 Å². The van der Waals surface area contributed by atoms with E-state index >= 15 is 0 Å². The summed E-state index contributed by atoms with van der Waals surface area (Å²) in [7, 11) is 3.85. The monoisotopic (exact) mass is 449 g/mol. The molecule has 0 atom stereocenters. The second-order valence-corrected chi connectivity index (χ2v) is 8.31. The number of aryl methyl sites for hydroxylation is 1. The number of piperidine rings is 1. The zero-order valence-corrected chi connectivity index (χ0v) is 18.4. The fourth-order valence-corrected chi connectivity index (χ4v) is 4.01. The van der Waals surface area contributed by atoms with Crippen LogP contribution in [-0.4, -0.2) is 62.0 Å². The van der Waals surface area contributed by atoms with E-state index in [1.807, 2.05) is 0 Å². The van der Waals surface area contributed by atoms with Crippen molar-refractivity contribution < 1.29 is 13.9 Å². The second-order valence-electron chi connectivity index (χ2n) is 8.31. The van der Waals surface area contributed by atoms with Gasteiger partial charge in [0.1, 0.15) is 11.9 Å². The zero-order chi connectivity index (χ0) is 22.9. The molecule has 9 nitrogen and oxygen atoms in total. The Kier molecular flexibility index (Phi) is 5.51. The summed E-state index contributed by atoms with van der Waals surface area (Å²) >= 11 is 0. The van der Waals surface area contributed by atoms with Crippen LogP contribution >= 0.6 is 0 Å². The minimum atomic E-state index is -0.420. The number of fused-ring (bicyclic) bond motifs is 1. The van der Waals surface area contributed by atoms with Crippen molar-refractivity contribution in [2.24, 2.45) is 7.05 Å². The summed E-state index contributed by atoms with van der Waals surface area (Å²) in [6, 6.07) is 6.34. The van der Waals surface area contributed by atoms with Gasteiger partial charge >= 0.3 is 0 Å². The molecule has 4 aromatic rings. The minimum absolute atomic E-state index is 0.107. The molecule has 5 rings (SSSR count). The Morgan fingerprint density at radius 2 is 2.06 bits per heavy atom. The number of hydrogen-bond donors (Lipinski definition) is 2. The SMILES string of the molecule is CN1CCC(Oc2cc(NC(=O)c3n[nH]c4cc(F)c(-c5cnn(C)c5)cc34)ccn2)CC1. The Hall–Kier alpha value is -3.79. The first-order valence-corrected chi connectivity index (χ1v) is 10.8. The smallest absolute Gasteiger partial charge is 0.276 e. The topological polar surface area (TPSA) is 101 Å². The number of halogens is 1. The molecule has 1 aromatic carbocycles. The molecule has 170 valence electrons. The van der Waals surface area contributed by atoms with E-state index in [4.69, 9.17) is 4.74 Å². The van der Waals surface area contributed by atoms with E-state index < -0.39 is 11.7 Å². The van der Waals surface area contributed by atoms with Gasteiger partial charge in [-0.2, -0.15) is 10.2 Å². The predicted molar refractivity (Wildman–Crippen MR) is 122 cm³/mol. The summed E-state index contributed by atoms with van der Waals surface area (Å²) in [5.41, 5.74) is 2.12. The van der Waals surface area contributed by atoms with E-state index in [1.54, 1.807) is 48.5 Å². The summed E-state index contributed by atoms with van der Waals surface area (Å²) in [6.45, 7) is 1.96. The van der Waals surface area contributed by atoms with Gasteiger partial charge in [-0.25, -0.2) is 9.37 Å². The highest BCUT2D eigenvalue weighted by molar-refractivity contribution is 6.11. The van der Waals surface area contributed by atoms with Gasteiger partial charge in [0.15, 0.2) is 5.69 Å². The van der Waals surface area contributed by atoms with Crippen LogP contribution in [0, 0.1) is 5.82 Å². The minimum Gasteiger partial charge on any atom is -0.474 e. The molecule has 3 aromatic heterocycles. The number of nitrogens with one attached hydrogen (secondary N) is 2. The van der Waals surface area contributed by atoms with E-state index in [0.717, 1.165) is 25.9 Å². The Morgan fingerprint density at radius 1 is 1.24 bits per heavy atom. The molecule has 33 heavy (non-hydrogen) atoms. The molecular formula is C23H24FN7O2. The van der Waals surface area contributed by atoms with Crippen molar-refractivity contribution in [1.29, 1.82) is 0 Å². The number of ether oxygens (including phenoxy) is 1. The molecule has 1 aliphatic rings. The van der Waals surface area contributed by atoms with Crippen molar-refractivity contribution in [3.8, 4) is 17.0 Å². The lowest BCUT2D eigenvalue weighted by molar-refractivity contribution is 0.102. The first-order chi connectivity index (χ1) is 16.0. The Morgan fingerprint density at radius 3 is 2.82 bits per heavy atom. The summed E-state index contributed by atoms with van der Waals surface area (Å²) in [5.74, 6) is -0.368. The molecular weight excluding hydrogens is 425 g/mol. The lowest BCUT2D eigenvalue weighted by Crippen LogP contribution is -2.35. The maximum atomic E-state index is 14.6. The van der Waals surface area contributed by atoms with Crippen molar-refractivity contribution in [2.75, 3.05) is 25.5 Å². The third kappa shape index (κ3) is 4.42. The average Bonchev–Trinajstić information content (AvgIpc) is 3.41. The molecule has 0 saturated carbocycles. The molecule has 1 amide bonds. The predicted octanol–water partition coefficient (Wildman–Crippen LogP) is 3.22. The second kappa shape index (κ2) is 8.62. The third-order valence-corrected chi connectivity index (χ3v) is 5.83. The van der Waals surface area contributed by atoms with Crippen LogP contribution in [-0.2, 0) is 7.05 Å². The first kappa shape index (κ1) is 21.1. The number of anilines is 1. The number of pyridine rings is 1. The lowest BCUT2D eigenvalue weighted by Gasteiger charge is -2.28. The van der Waals surface area contributed by atoms with Crippen molar-refractivity contribution >= 4 is 22.5 Å². The van der Waals surface area contributed by atoms with Crippen molar-refractivity contribution in [3.63, 3.8) is 0 Å². The number of H-pyrrole nitrogens is 1. The van der Waals surface area contributed by atoms with Crippen molar-refractivity contribution in [2.45, 2.75) is 18.9 Å². The molecule has 10 heteroatoms. The van der Waals surface area contributed by atoms with Crippen molar-refractivity contribution in [1.82, 2.24) is 29.9 Å². The van der Waals surface area contributed by atoms with Gasteiger partial charge in [0.2, 0.25) is 5.88 Å². The highest BCUT2D eigenvalue weighted by Gasteiger charge is 2.20. The molecule has 2 N–H and O–H groups in total. The van der Waals surface area contributed by atoms with E-state index in [2.05, 4.69) is 37.5 Å². The molecule has 1 fully saturated rings. The number of benzene rings is 1. The summed E-state index contributed by atoms with van der Waals surface area (Å²) in [4.78, 5) is 19.5. The van der Waals surface area contributed by atoms with Crippen LogP contribution in [0.3, 0.4) is 0 Å². The van der Waals surface area contributed by atoms with E-state index in [9.17, 15) is 9.18 Å². The number of carbonyl (C=O) groups is 1. The quantitative estimate of drug-likeness (QED) is 0.485. The molecule has 1 saturated heterocycles. The van der Waals surface area contributed by atoms with Gasteiger partial charge in [-0.15, -0.1) is 0 Å². The number of aromatic amines is 1. The maximum absolute atomic E-state index is 14.6. The highest BCUT2D eigenvalue weighted by atomic mass is 19.1. The van der Waals surface area contributed by atoms with Gasteiger partial charge in [-0.1, -0.05) is 0 Å². The molecule has 0 unspecified atom stereocenters. The standard InChI is InChI=1S/C23H24FN7O2/c1-30-7-4-16(5-8-30)33-21-9-15(3-6-25-21)27-23(32)22-18-10-17(14-12-26-31(2)13-14)19(24)11-20(18)28-29-22/h3,6,9-13,16H,4-5,7-8H2,1-2H3,(H,28,29)(H,25,27,32).